The van der Waals surface area contributed by atoms with Gasteiger partial charge in [0.15, 0.2) is 8.07 Å². The van der Waals surface area contributed by atoms with E-state index in [0.717, 1.165) is 11.4 Å². The molecule has 2 heterocycles. The molecular formula is C48H34N2Si. The third-order valence-electron chi connectivity index (χ3n) is 10.7. The highest BCUT2D eigenvalue weighted by atomic mass is 28.3. The lowest BCUT2D eigenvalue weighted by Gasteiger charge is -2.34. The lowest BCUT2D eigenvalue weighted by atomic mass is 10.1. The van der Waals surface area contributed by atoms with E-state index in [-0.39, 0.29) is 0 Å². The van der Waals surface area contributed by atoms with E-state index in [1.807, 2.05) is 0 Å². The molecule has 2 nitrogen and oxygen atoms in total. The molecule has 0 aliphatic carbocycles. The highest BCUT2D eigenvalue weighted by molar-refractivity contribution is 7.20. The Kier molecular flexibility index (Phi) is 6.86. The van der Waals surface area contributed by atoms with Crippen molar-refractivity contribution in [2.24, 2.45) is 0 Å². The summed E-state index contributed by atoms with van der Waals surface area (Å²) in [5, 5.41) is 10.6. The molecule has 10 rings (SSSR count). The Labute approximate surface area is 298 Å². The van der Waals surface area contributed by atoms with Crippen molar-refractivity contribution >= 4 is 72.4 Å². The quantitative estimate of drug-likeness (QED) is 0.124. The van der Waals surface area contributed by atoms with Gasteiger partial charge < -0.3 is 9.13 Å². The van der Waals surface area contributed by atoms with Crippen molar-refractivity contribution in [3.63, 3.8) is 0 Å². The maximum atomic E-state index is 2.51. The Hall–Kier alpha value is -6.42. The predicted octanol–water partition coefficient (Wildman–Crippen LogP) is 9.26. The Morgan fingerprint density at radius 2 is 0.686 bits per heavy atom. The minimum atomic E-state index is -2.69. The summed E-state index contributed by atoms with van der Waals surface area (Å²) in [4.78, 5) is 0. The SMILES string of the molecule is c1ccc(-n2c3ccccc3c3ccc(-n4c5ccccc5c5cc([Si](c6ccccc6)(c6ccccc6)c6ccccc6)ccc54)cc32)cc1. The van der Waals surface area contributed by atoms with Crippen LogP contribution in [-0.2, 0) is 0 Å². The molecule has 0 aliphatic rings. The second-order valence-corrected chi connectivity index (χ2v) is 17.1. The van der Waals surface area contributed by atoms with E-state index in [0.29, 0.717) is 0 Å². The molecular weight excluding hydrogens is 633 g/mol. The normalized spacial score (nSPS) is 11.9. The van der Waals surface area contributed by atoms with E-state index in [1.165, 1.54) is 64.4 Å². The number of para-hydroxylation sites is 3. The van der Waals surface area contributed by atoms with Crippen LogP contribution in [0.3, 0.4) is 0 Å². The molecule has 240 valence electrons. The molecule has 10 aromatic rings. The molecule has 0 atom stereocenters. The van der Waals surface area contributed by atoms with Crippen molar-refractivity contribution in [2.45, 2.75) is 0 Å². The minimum Gasteiger partial charge on any atom is -0.309 e. The first-order valence-electron chi connectivity index (χ1n) is 17.6. The fraction of sp³-hybridized carbons (Fsp3) is 0. The molecule has 8 aromatic carbocycles. The molecule has 51 heavy (non-hydrogen) atoms. The molecule has 0 aliphatic heterocycles. The van der Waals surface area contributed by atoms with E-state index >= 15 is 0 Å². The van der Waals surface area contributed by atoms with Gasteiger partial charge in [0.1, 0.15) is 0 Å². The molecule has 0 spiro atoms. The van der Waals surface area contributed by atoms with Crippen LogP contribution in [0.25, 0.3) is 55.0 Å². The van der Waals surface area contributed by atoms with Crippen molar-refractivity contribution in [2.75, 3.05) is 0 Å². The number of benzene rings is 8. The summed E-state index contributed by atoms with van der Waals surface area (Å²) in [6, 6.07) is 76.2. The number of hydrogen-bond acceptors (Lipinski definition) is 0. The average Bonchev–Trinajstić information content (AvgIpc) is 3.72. The van der Waals surface area contributed by atoms with Gasteiger partial charge in [0.05, 0.1) is 22.1 Å². The van der Waals surface area contributed by atoms with E-state index < -0.39 is 8.07 Å². The molecule has 0 fully saturated rings. The summed E-state index contributed by atoms with van der Waals surface area (Å²) in [5.74, 6) is 0. The standard InChI is InChI=1S/C48H34N2Si/c1-5-17-35(18-6-1)49-45-27-15-13-25-41(45)43-31-29-36(33-48(43)49)50-46-28-16-14-26-42(46)44-34-40(30-32-47(44)50)51(37-19-7-2-8-20-37,38-21-9-3-10-22-38)39-23-11-4-12-24-39/h1-34H. The Morgan fingerprint density at radius 3 is 1.25 bits per heavy atom. The van der Waals surface area contributed by atoms with Gasteiger partial charge in [0.25, 0.3) is 0 Å². The van der Waals surface area contributed by atoms with Crippen LogP contribution in [0.5, 0.6) is 0 Å². The van der Waals surface area contributed by atoms with Gasteiger partial charge >= 0.3 is 0 Å². The molecule has 2 aromatic heterocycles. The smallest absolute Gasteiger partial charge is 0.179 e. The second-order valence-electron chi connectivity index (χ2n) is 13.3. The van der Waals surface area contributed by atoms with Crippen LogP contribution in [0.4, 0.5) is 0 Å². The molecule has 0 N–H and O–H groups in total. The fourth-order valence-electron chi connectivity index (χ4n) is 8.50. The van der Waals surface area contributed by atoms with Crippen LogP contribution in [0.1, 0.15) is 0 Å². The minimum absolute atomic E-state index is 1.15. The van der Waals surface area contributed by atoms with Crippen molar-refractivity contribution in [1.82, 2.24) is 9.13 Å². The van der Waals surface area contributed by atoms with Crippen molar-refractivity contribution < 1.29 is 0 Å². The number of rotatable bonds is 6. The van der Waals surface area contributed by atoms with Gasteiger partial charge in [-0.2, -0.15) is 0 Å². The molecule has 0 saturated heterocycles. The van der Waals surface area contributed by atoms with Crippen LogP contribution in [0, 0.1) is 0 Å². The second kappa shape index (κ2) is 11.9. The van der Waals surface area contributed by atoms with E-state index in [9.17, 15) is 0 Å². The Bertz CT molecular complexity index is 2740. The maximum Gasteiger partial charge on any atom is 0.179 e. The predicted molar refractivity (Wildman–Crippen MR) is 219 cm³/mol. The first kappa shape index (κ1) is 29.5. The van der Waals surface area contributed by atoms with Crippen LogP contribution < -0.4 is 20.7 Å². The Morgan fingerprint density at radius 1 is 0.255 bits per heavy atom. The average molecular weight is 667 g/mol. The first-order valence-corrected chi connectivity index (χ1v) is 19.6. The monoisotopic (exact) mass is 666 g/mol. The molecule has 0 radical (unpaired) electrons. The molecule has 0 bridgehead atoms. The van der Waals surface area contributed by atoms with Crippen LogP contribution in [-0.4, -0.2) is 17.2 Å². The molecule has 0 unspecified atom stereocenters. The zero-order valence-electron chi connectivity index (χ0n) is 28.0. The summed E-state index contributed by atoms with van der Waals surface area (Å²) < 4.78 is 4.86. The summed E-state index contributed by atoms with van der Waals surface area (Å²) in [6.45, 7) is 0. The summed E-state index contributed by atoms with van der Waals surface area (Å²) in [6.07, 6.45) is 0. The van der Waals surface area contributed by atoms with Gasteiger partial charge in [-0.1, -0.05) is 164 Å². The number of fused-ring (bicyclic) bond motifs is 6. The van der Waals surface area contributed by atoms with Crippen molar-refractivity contribution in [3.8, 4) is 11.4 Å². The van der Waals surface area contributed by atoms with Gasteiger partial charge in [0.2, 0.25) is 0 Å². The van der Waals surface area contributed by atoms with E-state index in [4.69, 9.17) is 0 Å². The van der Waals surface area contributed by atoms with Crippen LogP contribution in [0.2, 0.25) is 0 Å². The van der Waals surface area contributed by atoms with Gasteiger partial charge in [0, 0.05) is 32.9 Å². The summed E-state index contributed by atoms with van der Waals surface area (Å²) in [7, 11) is -2.69. The van der Waals surface area contributed by atoms with Crippen molar-refractivity contribution in [1.29, 1.82) is 0 Å². The topological polar surface area (TPSA) is 9.86 Å². The number of hydrogen-bond donors (Lipinski definition) is 0. The molecule has 3 heteroatoms. The van der Waals surface area contributed by atoms with Crippen LogP contribution >= 0.6 is 0 Å². The zero-order chi connectivity index (χ0) is 33.8. The van der Waals surface area contributed by atoms with Crippen molar-refractivity contribution in [3.05, 3.63) is 206 Å². The third-order valence-corrected chi connectivity index (χ3v) is 15.4. The zero-order valence-corrected chi connectivity index (χ0v) is 29.0. The number of nitrogens with zero attached hydrogens (tertiary/aromatic N) is 2. The lowest BCUT2D eigenvalue weighted by Crippen LogP contribution is -2.74. The first-order chi connectivity index (χ1) is 25.3. The summed E-state index contributed by atoms with van der Waals surface area (Å²) >= 11 is 0. The van der Waals surface area contributed by atoms with E-state index in [1.54, 1.807) is 0 Å². The highest BCUT2D eigenvalue weighted by Gasteiger charge is 2.41. The highest BCUT2D eigenvalue weighted by Crippen LogP contribution is 2.36. The van der Waals surface area contributed by atoms with Gasteiger partial charge in [-0.05, 0) is 63.2 Å². The third kappa shape index (κ3) is 4.49. The van der Waals surface area contributed by atoms with Gasteiger partial charge in [-0.15, -0.1) is 0 Å². The largest absolute Gasteiger partial charge is 0.309 e. The van der Waals surface area contributed by atoms with Gasteiger partial charge in [-0.3, -0.25) is 0 Å². The fourth-order valence-corrected chi connectivity index (χ4v) is 13.3. The molecule has 0 saturated carbocycles. The van der Waals surface area contributed by atoms with Crippen LogP contribution in [0.15, 0.2) is 206 Å². The van der Waals surface area contributed by atoms with E-state index in [2.05, 4.69) is 215 Å². The summed E-state index contributed by atoms with van der Waals surface area (Å²) in [5.41, 5.74) is 7.14. The maximum absolute atomic E-state index is 2.69. The number of aromatic nitrogens is 2. The molecule has 0 amide bonds. The Balaban J connectivity index is 1.26. The van der Waals surface area contributed by atoms with Gasteiger partial charge in [-0.25, -0.2) is 0 Å². The lowest BCUT2D eigenvalue weighted by molar-refractivity contribution is 1.15.